The first-order valence-electron chi connectivity index (χ1n) is 20.1. The summed E-state index contributed by atoms with van der Waals surface area (Å²) < 4.78 is 91.3. The fourth-order valence-corrected chi connectivity index (χ4v) is 9.52. The summed E-state index contributed by atoms with van der Waals surface area (Å²) in [5.74, 6) is -4.09. The Bertz CT molecular complexity index is 2120. The Labute approximate surface area is 342 Å². The first kappa shape index (κ1) is 44.2. The van der Waals surface area contributed by atoms with Gasteiger partial charge in [-0.1, -0.05) is 32.4 Å². The smallest absolute Gasteiger partial charge is 0.427 e. The number of amides is 2. The van der Waals surface area contributed by atoms with E-state index in [-0.39, 0.29) is 37.6 Å². The molecular formula is C42H54F3N3O10S. The molecule has 1 N–H and O–H groups in total. The molecule has 2 saturated carbocycles. The highest BCUT2D eigenvalue weighted by molar-refractivity contribution is 7.91. The minimum atomic E-state index is -4.87. The summed E-state index contributed by atoms with van der Waals surface area (Å²) in [7, 11) is -1.03. The molecular weight excluding hydrogens is 796 g/mol. The molecule has 1 aromatic carbocycles. The van der Waals surface area contributed by atoms with Crippen molar-refractivity contribution < 1.29 is 59.7 Å². The van der Waals surface area contributed by atoms with Crippen LogP contribution in [-0.4, -0.2) is 91.3 Å². The molecule has 1 aromatic heterocycles. The van der Waals surface area contributed by atoms with Crippen molar-refractivity contribution in [3.8, 4) is 17.4 Å². The summed E-state index contributed by atoms with van der Waals surface area (Å²) in [6, 6.07) is 4.00. The van der Waals surface area contributed by atoms with E-state index in [9.17, 15) is 40.8 Å². The van der Waals surface area contributed by atoms with Gasteiger partial charge in [0.1, 0.15) is 17.6 Å². The van der Waals surface area contributed by atoms with Gasteiger partial charge in [-0.25, -0.2) is 13.4 Å². The van der Waals surface area contributed by atoms with E-state index < -0.39 is 91.8 Å². The molecule has 0 bridgehead atoms. The number of carbonyl (C=O) groups is 4. The number of allylic oxidation sites excluding steroid dienone is 2. The SMILES string of the molecule is COc1ccc2c(O[C@@H]3C[C@H]4C(=O)C[C@]5(C(=O)NS(=O)(=O)C6(C)CC6)C[C@H]5/C=C\[C@H](C)CCC[C@@H](C)[C@H](CC(=O)OC(C)(C)C(F)(F)F)C(=O)N4C3)ncc(OC)c2c1. The fourth-order valence-electron chi connectivity index (χ4n) is 8.19. The van der Waals surface area contributed by atoms with Crippen LogP contribution in [0.4, 0.5) is 13.2 Å². The topological polar surface area (TPSA) is 167 Å². The molecule has 324 valence electrons. The van der Waals surface area contributed by atoms with Crippen LogP contribution in [0.15, 0.2) is 36.5 Å². The molecule has 0 radical (unpaired) electrons. The Morgan fingerprint density at radius 3 is 2.39 bits per heavy atom. The maximum absolute atomic E-state index is 14.8. The van der Waals surface area contributed by atoms with E-state index in [2.05, 4.69) is 9.71 Å². The zero-order valence-corrected chi connectivity index (χ0v) is 35.3. The Morgan fingerprint density at radius 1 is 1.03 bits per heavy atom. The molecule has 59 heavy (non-hydrogen) atoms. The van der Waals surface area contributed by atoms with E-state index in [1.807, 2.05) is 19.1 Å². The van der Waals surface area contributed by atoms with Crippen molar-refractivity contribution >= 4 is 44.4 Å². The van der Waals surface area contributed by atoms with Gasteiger partial charge in [-0.2, -0.15) is 13.2 Å². The van der Waals surface area contributed by atoms with Gasteiger partial charge in [0, 0.05) is 23.6 Å². The van der Waals surface area contributed by atoms with Crippen molar-refractivity contribution in [2.45, 2.75) is 121 Å². The van der Waals surface area contributed by atoms with Crippen molar-refractivity contribution in [1.82, 2.24) is 14.6 Å². The molecule has 3 fully saturated rings. The Balaban J connectivity index is 1.36. The summed E-state index contributed by atoms with van der Waals surface area (Å²) in [6.45, 7) is 6.60. The predicted octanol–water partition coefficient (Wildman–Crippen LogP) is 6.47. The molecule has 3 heterocycles. The second-order valence-electron chi connectivity index (χ2n) is 17.6. The lowest BCUT2D eigenvalue weighted by Gasteiger charge is -2.32. The minimum absolute atomic E-state index is 0.00923. The highest BCUT2D eigenvalue weighted by Crippen LogP contribution is 2.58. The van der Waals surface area contributed by atoms with Crippen LogP contribution >= 0.6 is 0 Å². The first-order valence-corrected chi connectivity index (χ1v) is 21.6. The lowest BCUT2D eigenvalue weighted by molar-refractivity contribution is -0.257. The van der Waals surface area contributed by atoms with E-state index in [1.54, 1.807) is 32.0 Å². The Hall–Kier alpha value is -4.41. The number of carbonyl (C=O) groups excluding carboxylic acids is 4. The number of fused-ring (bicyclic) bond motifs is 3. The molecule has 7 atom stereocenters. The second kappa shape index (κ2) is 16.2. The Morgan fingerprint density at radius 2 is 1.75 bits per heavy atom. The third kappa shape index (κ3) is 9.04. The molecule has 17 heteroatoms. The van der Waals surface area contributed by atoms with Gasteiger partial charge in [0.15, 0.2) is 5.78 Å². The van der Waals surface area contributed by atoms with E-state index in [0.29, 0.717) is 54.4 Å². The van der Waals surface area contributed by atoms with E-state index in [0.717, 1.165) is 13.8 Å². The quantitative estimate of drug-likeness (QED) is 0.206. The maximum atomic E-state index is 14.8. The third-order valence-corrected chi connectivity index (χ3v) is 14.9. The number of alkyl halides is 3. The number of Topliss-reactive ketones (excluding diaryl/α,β-unsaturated/α-hetero) is 1. The normalized spacial score (nSPS) is 29.3. The predicted molar refractivity (Wildman–Crippen MR) is 210 cm³/mol. The van der Waals surface area contributed by atoms with Crippen LogP contribution in [-0.2, 0) is 33.9 Å². The van der Waals surface area contributed by atoms with Crippen molar-refractivity contribution in [1.29, 1.82) is 0 Å². The lowest BCUT2D eigenvalue weighted by atomic mass is 9.84. The standard InChI is InChI=1S/C42H54F3N3O10S/c1-24-9-8-10-25(2)30(19-35(50)58-39(3,4)42(43,44)45)37(51)48-23-28(57-36-29-14-13-27(55-6)17-31(29)34(56-7)22-46-36)18-32(48)33(49)21-41(20-26(41)12-11-24)38(52)47-59(53,54)40(5)15-16-40/h11-14,17,22,24-26,28,30,32H,8-10,15-16,18-21,23H2,1-7H3,(H,47,52)/b12-11-/t24-,25-,26-,28-,30+,32+,41-/m1/s1. The number of methoxy groups -OCH3 is 2. The molecule has 6 rings (SSSR count). The number of sulfonamides is 1. The van der Waals surface area contributed by atoms with Gasteiger partial charge < -0.3 is 23.8 Å². The number of halogens is 3. The summed E-state index contributed by atoms with van der Waals surface area (Å²) >= 11 is 0. The van der Waals surface area contributed by atoms with Gasteiger partial charge >= 0.3 is 12.1 Å². The van der Waals surface area contributed by atoms with Crippen LogP contribution in [0.25, 0.3) is 10.8 Å². The largest absolute Gasteiger partial charge is 0.497 e. The highest BCUT2D eigenvalue weighted by Gasteiger charge is 2.63. The number of rotatable bonds is 10. The number of esters is 1. The number of ether oxygens (including phenoxy) is 4. The zero-order valence-electron chi connectivity index (χ0n) is 34.5. The number of aromatic nitrogens is 1. The summed E-state index contributed by atoms with van der Waals surface area (Å²) in [5, 5.41) is 1.17. The number of hydrogen-bond donors (Lipinski definition) is 1. The molecule has 2 aromatic rings. The molecule has 2 amide bonds. The first-order chi connectivity index (χ1) is 27.5. The van der Waals surface area contributed by atoms with Crippen LogP contribution in [0.2, 0.25) is 0 Å². The average molecular weight is 850 g/mol. The number of ketones is 1. The average Bonchev–Trinajstić information content (AvgIpc) is 4.05. The second-order valence-corrected chi connectivity index (χ2v) is 19.8. The van der Waals surface area contributed by atoms with Gasteiger partial charge in [0.2, 0.25) is 33.3 Å². The lowest BCUT2D eigenvalue weighted by Crippen LogP contribution is -2.48. The fraction of sp³-hybridized carbons (Fsp3) is 0.643. The third-order valence-electron chi connectivity index (χ3n) is 12.8. The van der Waals surface area contributed by atoms with Crippen molar-refractivity contribution in [2.24, 2.45) is 29.1 Å². The van der Waals surface area contributed by atoms with Crippen LogP contribution < -0.4 is 18.9 Å². The van der Waals surface area contributed by atoms with Crippen LogP contribution in [0.5, 0.6) is 17.4 Å². The van der Waals surface area contributed by atoms with Gasteiger partial charge in [-0.15, -0.1) is 0 Å². The monoisotopic (exact) mass is 849 g/mol. The summed E-state index contributed by atoms with van der Waals surface area (Å²) in [4.78, 5) is 62.5. The molecule has 0 unspecified atom stereocenters. The van der Waals surface area contributed by atoms with E-state index in [1.165, 1.54) is 25.3 Å². The van der Waals surface area contributed by atoms with Crippen molar-refractivity contribution in [3.05, 3.63) is 36.5 Å². The van der Waals surface area contributed by atoms with E-state index in [4.69, 9.17) is 18.9 Å². The molecule has 2 aliphatic carbocycles. The number of nitrogens with zero attached hydrogens (tertiary/aromatic N) is 2. The zero-order chi connectivity index (χ0) is 43.3. The summed E-state index contributed by atoms with van der Waals surface area (Å²) in [6.07, 6.45) is 1.17. The number of nitrogens with one attached hydrogen (secondary N) is 1. The van der Waals surface area contributed by atoms with E-state index >= 15 is 0 Å². The number of pyridine rings is 1. The van der Waals surface area contributed by atoms with Crippen molar-refractivity contribution in [2.75, 3.05) is 20.8 Å². The van der Waals surface area contributed by atoms with Crippen molar-refractivity contribution in [3.63, 3.8) is 0 Å². The highest BCUT2D eigenvalue weighted by atomic mass is 32.2. The van der Waals surface area contributed by atoms with Gasteiger partial charge in [0.05, 0.1) is 55.5 Å². The van der Waals surface area contributed by atoms with Gasteiger partial charge in [-0.3, -0.25) is 23.9 Å². The van der Waals surface area contributed by atoms with Crippen LogP contribution in [0, 0.1) is 29.1 Å². The molecule has 4 aliphatic rings. The van der Waals surface area contributed by atoms with Crippen LogP contribution in [0.1, 0.15) is 92.4 Å². The molecule has 0 spiro atoms. The molecule has 2 aliphatic heterocycles. The maximum Gasteiger partial charge on any atom is 0.427 e. The minimum Gasteiger partial charge on any atom is -0.497 e. The molecule has 1 saturated heterocycles. The number of benzene rings is 1. The van der Waals surface area contributed by atoms with Gasteiger partial charge in [0.25, 0.3) is 0 Å². The van der Waals surface area contributed by atoms with Crippen LogP contribution in [0.3, 0.4) is 0 Å². The summed E-state index contributed by atoms with van der Waals surface area (Å²) in [5.41, 5.74) is -4.22. The van der Waals surface area contributed by atoms with Gasteiger partial charge in [-0.05, 0) is 88.8 Å². The Kier molecular flexibility index (Phi) is 12.1. The number of hydrogen-bond acceptors (Lipinski definition) is 11. The molecule has 13 nitrogen and oxygen atoms in total.